The summed E-state index contributed by atoms with van der Waals surface area (Å²) in [5.74, 6) is -0.319. The zero-order chi connectivity index (χ0) is 17.8. The van der Waals surface area contributed by atoms with Crippen molar-refractivity contribution in [1.82, 2.24) is 4.98 Å². The highest BCUT2D eigenvalue weighted by Gasteiger charge is 2.12. The Morgan fingerprint density at radius 1 is 1.08 bits per heavy atom. The highest BCUT2D eigenvalue weighted by Crippen LogP contribution is 2.19. The molecule has 2 N–H and O–H groups in total. The van der Waals surface area contributed by atoms with Gasteiger partial charge in [-0.1, -0.05) is 12.1 Å². The maximum absolute atomic E-state index is 12.2. The van der Waals surface area contributed by atoms with Gasteiger partial charge in [-0.25, -0.2) is 4.98 Å². The molecule has 0 saturated heterocycles. The Bertz CT molecular complexity index is 901. The maximum Gasteiger partial charge on any atom is 0.267 e. The van der Waals surface area contributed by atoms with Gasteiger partial charge in [0.15, 0.2) is 5.13 Å². The molecule has 2 amide bonds. The van der Waals surface area contributed by atoms with E-state index >= 15 is 0 Å². The SMILES string of the molecule is Cc1ccc(NC(=O)Cc2csc(NC(=O)c3cccs3)n2)cc1C. The molecule has 0 atom stereocenters. The van der Waals surface area contributed by atoms with Crippen molar-refractivity contribution < 1.29 is 9.59 Å². The van der Waals surface area contributed by atoms with Gasteiger partial charge in [-0.15, -0.1) is 22.7 Å². The summed E-state index contributed by atoms with van der Waals surface area (Å²) >= 11 is 2.68. The zero-order valence-electron chi connectivity index (χ0n) is 13.8. The number of thiazole rings is 1. The van der Waals surface area contributed by atoms with Crippen molar-refractivity contribution in [2.75, 3.05) is 10.6 Å². The van der Waals surface area contributed by atoms with Gasteiger partial charge in [-0.3, -0.25) is 14.9 Å². The minimum atomic E-state index is -0.185. The number of nitrogens with zero attached hydrogens (tertiary/aromatic N) is 1. The van der Waals surface area contributed by atoms with Crippen LogP contribution in [0.4, 0.5) is 10.8 Å². The average Bonchev–Trinajstić information content (AvgIpc) is 3.23. The second-order valence-corrected chi connectivity index (χ2v) is 7.41. The topological polar surface area (TPSA) is 71.1 Å². The molecule has 2 aromatic heterocycles. The standard InChI is InChI=1S/C18H17N3O2S2/c1-11-5-6-13(8-12(11)2)19-16(22)9-14-10-25-18(20-14)21-17(23)15-4-3-7-24-15/h3-8,10H,9H2,1-2H3,(H,19,22)(H,20,21,23). The molecule has 0 fully saturated rings. The third-order valence-electron chi connectivity index (χ3n) is 3.65. The number of hydrogen-bond acceptors (Lipinski definition) is 5. The fraction of sp³-hybridized carbons (Fsp3) is 0.167. The lowest BCUT2D eigenvalue weighted by Crippen LogP contribution is -2.15. The summed E-state index contributed by atoms with van der Waals surface area (Å²) < 4.78 is 0. The predicted molar refractivity (Wildman–Crippen MR) is 103 cm³/mol. The molecule has 0 unspecified atom stereocenters. The van der Waals surface area contributed by atoms with Crippen LogP contribution in [0.2, 0.25) is 0 Å². The van der Waals surface area contributed by atoms with Gasteiger partial charge >= 0.3 is 0 Å². The third kappa shape index (κ3) is 4.52. The molecule has 3 rings (SSSR count). The third-order valence-corrected chi connectivity index (χ3v) is 5.32. The van der Waals surface area contributed by atoms with Crippen LogP contribution in [-0.4, -0.2) is 16.8 Å². The Morgan fingerprint density at radius 3 is 2.64 bits per heavy atom. The zero-order valence-corrected chi connectivity index (χ0v) is 15.5. The molecule has 0 bridgehead atoms. The van der Waals surface area contributed by atoms with Crippen molar-refractivity contribution in [3.8, 4) is 0 Å². The van der Waals surface area contributed by atoms with E-state index in [0.29, 0.717) is 15.7 Å². The van der Waals surface area contributed by atoms with Crippen LogP contribution in [-0.2, 0) is 11.2 Å². The van der Waals surface area contributed by atoms with E-state index in [0.717, 1.165) is 11.3 Å². The lowest BCUT2D eigenvalue weighted by molar-refractivity contribution is -0.115. The highest BCUT2D eigenvalue weighted by atomic mass is 32.1. The second kappa shape index (κ2) is 7.58. The molecule has 3 aromatic rings. The first kappa shape index (κ1) is 17.3. The van der Waals surface area contributed by atoms with Crippen LogP contribution in [0.1, 0.15) is 26.5 Å². The van der Waals surface area contributed by atoms with Crippen LogP contribution in [0, 0.1) is 13.8 Å². The lowest BCUT2D eigenvalue weighted by Gasteiger charge is -2.06. The van der Waals surface area contributed by atoms with Crippen molar-refractivity contribution >= 4 is 45.3 Å². The predicted octanol–water partition coefficient (Wildman–Crippen LogP) is 4.25. The van der Waals surface area contributed by atoms with Crippen molar-refractivity contribution in [1.29, 1.82) is 0 Å². The molecule has 0 aliphatic heterocycles. The molecule has 0 spiro atoms. The molecular formula is C18H17N3O2S2. The molecule has 25 heavy (non-hydrogen) atoms. The number of aryl methyl sites for hydroxylation is 2. The van der Waals surface area contributed by atoms with Gasteiger partial charge in [-0.2, -0.15) is 0 Å². The van der Waals surface area contributed by atoms with Crippen molar-refractivity contribution in [2.45, 2.75) is 20.3 Å². The summed E-state index contributed by atoms with van der Waals surface area (Å²) in [6.45, 7) is 4.04. The van der Waals surface area contributed by atoms with Gasteiger partial charge in [-0.05, 0) is 48.6 Å². The van der Waals surface area contributed by atoms with E-state index in [1.54, 1.807) is 11.4 Å². The fourth-order valence-corrected chi connectivity index (χ4v) is 3.53. The summed E-state index contributed by atoms with van der Waals surface area (Å²) in [6, 6.07) is 9.39. The minimum Gasteiger partial charge on any atom is -0.326 e. The summed E-state index contributed by atoms with van der Waals surface area (Å²) in [5.41, 5.74) is 3.72. The quantitative estimate of drug-likeness (QED) is 0.704. The van der Waals surface area contributed by atoms with E-state index in [-0.39, 0.29) is 18.2 Å². The first-order chi connectivity index (χ1) is 12.0. The molecule has 0 aliphatic carbocycles. The van der Waals surface area contributed by atoms with Gasteiger partial charge in [0.2, 0.25) is 5.91 Å². The van der Waals surface area contributed by atoms with Crippen molar-refractivity contribution in [3.63, 3.8) is 0 Å². The van der Waals surface area contributed by atoms with Crippen LogP contribution in [0.3, 0.4) is 0 Å². The minimum absolute atomic E-state index is 0.135. The van der Waals surface area contributed by atoms with Gasteiger partial charge in [0.1, 0.15) is 0 Å². The van der Waals surface area contributed by atoms with Gasteiger partial charge in [0.25, 0.3) is 5.91 Å². The molecular weight excluding hydrogens is 354 g/mol. The number of benzene rings is 1. The van der Waals surface area contributed by atoms with Crippen LogP contribution in [0.25, 0.3) is 0 Å². The molecule has 5 nitrogen and oxygen atoms in total. The summed E-state index contributed by atoms with van der Waals surface area (Å²) in [6.07, 6.45) is 0.165. The number of aromatic nitrogens is 1. The number of carbonyl (C=O) groups is 2. The van der Waals surface area contributed by atoms with Gasteiger partial charge in [0, 0.05) is 11.1 Å². The van der Waals surface area contributed by atoms with Crippen LogP contribution < -0.4 is 10.6 Å². The number of anilines is 2. The summed E-state index contributed by atoms with van der Waals surface area (Å²) in [7, 11) is 0. The van der Waals surface area contributed by atoms with Crippen LogP contribution >= 0.6 is 22.7 Å². The van der Waals surface area contributed by atoms with Crippen LogP contribution in [0.15, 0.2) is 41.1 Å². The Balaban J connectivity index is 1.58. The van der Waals surface area contributed by atoms with E-state index < -0.39 is 0 Å². The number of rotatable bonds is 5. The maximum atomic E-state index is 12.2. The Morgan fingerprint density at radius 2 is 1.92 bits per heavy atom. The Hall–Kier alpha value is -2.51. The van der Waals surface area contributed by atoms with Crippen molar-refractivity contribution in [3.05, 3.63) is 62.8 Å². The van der Waals surface area contributed by atoms with E-state index in [9.17, 15) is 9.59 Å². The molecule has 128 valence electrons. The lowest BCUT2D eigenvalue weighted by atomic mass is 10.1. The summed E-state index contributed by atoms with van der Waals surface area (Å²) in [5, 5.41) is 9.74. The average molecular weight is 371 g/mol. The monoisotopic (exact) mass is 371 g/mol. The number of carbonyl (C=O) groups excluding carboxylic acids is 2. The highest BCUT2D eigenvalue weighted by molar-refractivity contribution is 7.14. The van der Waals surface area contributed by atoms with E-state index in [4.69, 9.17) is 0 Å². The number of thiophene rings is 1. The normalized spacial score (nSPS) is 10.5. The molecule has 7 heteroatoms. The molecule has 0 aliphatic rings. The number of amides is 2. The van der Waals surface area contributed by atoms with Gasteiger partial charge < -0.3 is 5.32 Å². The Labute approximate surface area is 153 Å². The molecule has 1 aromatic carbocycles. The van der Waals surface area contributed by atoms with Gasteiger partial charge in [0.05, 0.1) is 17.0 Å². The first-order valence-electron chi connectivity index (χ1n) is 7.67. The van der Waals surface area contributed by atoms with E-state index in [1.165, 1.54) is 28.2 Å². The largest absolute Gasteiger partial charge is 0.326 e. The Kier molecular flexibility index (Phi) is 5.25. The molecule has 0 saturated carbocycles. The number of nitrogens with one attached hydrogen (secondary N) is 2. The van der Waals surface area contributed by atoms with E-state index in [1.807, 2.05) is 43.5 Å². The van der Waals surface area contributed by atoms with Crippen molar-refractivity contribution in [2.24, 2.45) is 0 Å². The molecule has 0 radical (unpaired) electrons. The first-order valence-corrected chi connectivity index (χ1v) is 9.43. The van der Waals surface area contributed by atoms with Crippen LogP contribution in [0.5, 0.6) is 0 Å². The molecule has 2 heterocycles. The smallest absolute Gasteiger partial charge is 0.267 e. The fourth-order valence-electron chi connectivity index (χ4n) is 2.20. The number of hydrogen-bond donors (Lipinski definition) is 2. The summed E-state index contributed by atoms with van der Waals surface area (Å²) in [4.78, 5) is 29.1. The second-order valence-electron chi connectivity index (χ2n) is 5.60. The van der Waals surface area contributed by atoms with E-state index in [2.05, 4.69) is 15.6 Å².